The van der Waals surface area contributed by atoms with Crippen molar-refractivity contribution < 1.29 is 26.5 Å². The zero-order valence-electron chi connectivity index (χ0n) is 13.3. The average Bonchev–Trinajstić information content (AvgIpc) is 2.46. The highest BCUT2D eigenvalue weighted by Crippen LogP contribution is 2.25. The van der Waals surface area contributed by atoms with E-state index >= 15 is 0 Å². The molecule has 0 saturated heterocycles. The number of rotatable bonds is 4. The molecule has 6 nitrogen and oxygen atoms in total. The van der Waals surface area contributed by atoms with Gasteiger partial charge in [-0.15, -0.1) is 0 Å². The molecule has 8 heteroatoms. The first kappa shape index (κ1) is 20.3. The third-order valence-corrected chi connectivity index (χ3v) is 4.90. The molecular formula is C16H20O6S2. The Balaban J connectivity index is 0.000000505. The van der Waals surface area contributed by atoms with Crippen molar-refractivity contribution in [3.05, 3.63) is 66.2 Å². The van der Waals surface area contributed by atoms with Gasteiger partial charge in [-0.2, -0.15) is 8.42 Å². The van der Waals surface area contributed by atoms with Gasteiger partial charge in [0.25, 0.3) is 10.1 Å². The monoisotopic (exact) mass is 372 g/mol. The highest BCUT2D eigenvalue weighted by atomic mass is 32.2. The third-order valence-electron chi connectivity index (χ3n) is 2.97. The Hall–Kier alpha value is -1.74. The summed E-state index contributed by atoms with van der Waals surface area (Å²) in [5, 5.41) is 10.4. The molecule has 0 aromatic heterocycles. The minimum atomic E-state index is -3.67. The Morgan fingerprint density at radius 1 is 0.875 bits per heavy atom. The number of sulfone groups is 1. The zero-order valence-corrected chi connectivity index (χ0v) is 15.0. The fraction of sp³-hybridized carbons (Fsp3) is 0.250. The van der Waals surface area contributed by atoms with Crippen LogP contribution in [0.15, 0.2) is 65.6 Å². The summed E-state index contributed by atoms with van der Waals surface area (Å²) in [7, 11) is -7.18. The molecular weight excluding hydrogens is 352 g/mol. The smallest absolute Gasteiger partial charge is 0.261 e. The molecule has 0 bridgehead atoms. The molecule has 0 fully saturated rings. The van der Waals surface area contributed by atoms with Gasteiger partial charge in [-0.25, -0.2) is 8.42 Å². The molecule has 0 spiro atoms. The van der Waals surface area contributed by atoms with Crippen LogP contribution in [-0.2, 0) is 25.6 Å². The summed E-state index contributed by atoms with van der Waals surface area (Å²) < 4.78 is 50.4. The van der Waals surface area contributed by atoms with Gasteiger partial charge in [-0.05, 0) is 24.6 Å². The second kappa shape index (κ2) is 7.89. The Morgan fingerprint density at radius 2 is 1.25 bits per heavy atom. The number of benzene rings is 2. The molecule has 2 aromatic rings. The molecule has 1 atom stereocenters. The van der Waals surface area contributed by atoms with Crippen LogP contribution in [0.2, 0.25) is 0 Å². The Kier molecular flexibility index (Phi) is 6.67. The first-order valence-corrected chi connectivity index (χ1v) is 10.4. The van der Waals surface area contributed by atoms with Gasteiger partial charge >= 0.3 is 0 Å². The lowest BCUT2D eigenvalue weighted by molar-refractivity contribution is 0.0819. The summed E-state index contributed by atoms with van der Waals surface area (Å²) in [6.45, 7) is 1.52. The van der Waals surface area contributed by atoms with Crippen molar-refractivity contribution in [2.24, 2.45) is 0 Å². The molecule has 0 aliphatic rings. The molecule has 2 aromatic carbocycles. The number of aliphatic hydroxyl groups is 1. The quantitative estimate of drug-likeness (QED) is 0.793. The Bertz CT molecular complexity index is 834. The van der Waals surface area contributed by atoms with E-state index in [-0.39, 0.29) is 10.6 Å². The highest BCUT2D eigenvalue weighted by Gasteiger charge is 2.30. The van der Waals surface area contributed by atoms with Gasteiger partial charge in [0.1, 0.15) is 5.60 Å². The summed E-state index contributed by atoms with van der Waals surface area (Å²) in [5.74, 6) is -0.339. The van der Waals surface area contributed by atoms with E-state index in [2.05, 4.69) is 0 Å². The Morgan fingerprint density at radius 3 is 1.67 bits per heavy atom. The standard InChI is InChI=1S/C15H16O3S.CH4O3S/c1-15(16,13-8-4-2-5-9-13)12-19(17,18)14-10-6-3-7-11-14;1-5(2,3)4/h2-11,16H,12H2,1H3;1H3,(H,2,3,4). The lowest BCUT2D eigenvalue weighted by atomic mass is 9.99. The number of hydrogen-bond donors (Lipinski definition) is 2. The minimum absolute atomic E-state index is 0.228. The van der Waals surface area contributed by atoms with Crippen molar-refractivity contribution in [2.75, 3.05) is 12.0 Å². The van der Waals surface area contributed by atoms with E-state index in [0.29, 0.717) is 11.8 Å². The van der Waals surface area contributed by atoms with Crippen LogP contribution in [0, 0.1) is 0 Å². The van der Waals surface area contributed by atoms with Crippen molar-refractivity contribution in [3.63, 3.8) is 0 Å². The molecule has 0 radical (unpaired) electrons. The van der Waals surface area contributed by atoms with E-state index in [1.54, 1.807) is 42.5 Å². The normalized spacial score (nSPS) is 14.2. The maximum Gasteiger partial charge on any atom is 0.261 e. The van der Waals surface area contributed by atoms with Crippen LogP contribution in [0.3, 0.4) is 0 Å². The highest BCUT2D eigenvalue weighted by molar-refractivity contribution is 7.91. The van der Waals surface area contributed by atoms with E-state index in [1.807, 2.05) is 6.07 Å². The van der Waals surface area contributed by atoms with Gasteiger partial charge in [-0.3, -0.25) is 4.55 Å². The topological polar surface area (TPSA) is 109 Å². The first-order valence-electron chi connectivity index (χ1n) is 6.90. The largest absolute Gasteiger partial charge is 0.384 e. The van der Waals surface area contributed by atoms with Crippen LogP contribution in [-0.4, -0.2) is 38.5 Å². The van der Waals surface area contributed by atoms with Crippen molar-refractivity contribution in [3.8, 4) is 0 Å². The van der Waals surface area contributed by atoms with Gasteiger partial charge in [-0.1, -0.05) is 48.5 Å². The van der Waals surface area contributed by atoms with E-state index in [1.165, 1.54) is 19.1 Å². The predicted octanol–water partition coefficient (Wildman–Crippen LogP) is 1.87. The fourth-order valence-electron chi connectivity index (χ4n) is 1.96. The molecule has 0 saturated carbocycles. The maximum absolute atomic E-state index is 12.3. The molecule has 0 aliphatic heterocycles. The predicted molar refractivity (Wildman–Crippen MR) is 92.0 cm³/mol. The number of hydrogen-bond acceptors (Lipinski definition) is 5. The molecule has 24 heavy (non-hydrogen) atoms. The second-order valence-electron chi connectivity index (χ2n) is 5.45. The van der Waals surface area contributed by atoms with Crippen LogP contribution in [0.4, 0.5) is 0 Å². The van der Waals surface area contributed by atoms with Crippen molar-refractivity contribution in [2.45, 2.75) is 17.4 Å². The van der Waals surface area contributed by atoms with Crippen LogP contribution in [0.1, 0.15) is 12.5 Å². The first-order chi connectivity index (χ1) is 10.9. The lowest BCUT2D eigenvalue weighted by Crippen LogP contribution is -2.31. The SMILES string of the molecule is CC(O)(CS(=O)(=O)c1ccccc1)c1ccccc1.CS(=O)(=O)O. The van der Waals surface area contributed by atoms with E-state index in [9.17, 15) is 21.9 Å². The summed E-state index contributed by atoms with van der Waals surface area (Å²) in [6.07, 6.45) is 0.715. The second-order valence-corrected chi connectivity index (χ2v) is 8.90. The molecule has 1 unspecified atom stereocenters. The average molecular weight is 372 g/mol. The van der Waals surface area contributed by atoms with Gasteiger partial charge < -0.3 is 5.11 Å². The van der Waals surface area contributed by atoms with E-state index in [0.717, 1.165) is 0 Å². The molecule has 132 valence electrons. The zero-order chi connectivity index (χ0) is 18.4. The lowest BCUT2D eigenvalue weighted by Gasteiger charge is -2.23. The van der Waals surface area contributed by atoms with Gasteiger partial charge in [0, 0.05) is 0 Å². The fourth-order valence-corrected chi connectivity index (χ4v) is 3.61. The van der Waals surface area contributed by atoms with Crippen molar-refractivity contribution in [1.82, 2.24) is 0 Å². The molecule has 0 aliphatic carbocycles. The van der Waals surface area contributed by atoms with Gasteiger partial charge in [0.2, 0.25) is 0 Å². The summed E-state index contributed by atoms with van der Waals surface area (Å²) >= 11 is 0. The third kappa shape index (κ3) is 7.22. The Labute approximate surface area is 142 Å². The molecule has 0 heterocycles. The van der Waals surface area contributed by atoms with Crippen molar-refractivity contribution >= 4 is 20.0 Å². The maximum atomic E-state index is 12.3. The summed E-state index contributed by atoms with van der Waals surface area (Å²) in [6, 6.07) is 17.0. The minimum Gasteiger partial charge on any atom is -0.384 e. The summed E-state index contributed by atoms with van der Waals surface area (Å²) in [4.78, 5) is 0.228. The van der Waals surface area contributed by atoms with Crippen LogP contribution >= 0.6 is 0 Å². The molecule has 2 N–H and O–H groups in total. The summed E-state index contributed by atoms with van der Waals surface area (Å²) in [5.41, 5.74) is -0.815. The van der Waals surface area contributed by atoms with E-state index in [4.69, 9.17) is 4.55 Å². The van der Waals surface area contributed by atoms with Gasteiger partial charge in [0.05, 0.1) is 16.9 Å². The van der Waals surface area contributed by atoms with Crippen LogP contribution in [0.5, 0.6) is 0 Å². The van der Waals surface area contributed by atoms with Crippen LogP contribution in [0.25, 0.3) is 0 Å². The van der Waals surface area contributed by atoms with E-state index < -0.39 is 25.6 Å². The van der Waals surface area contributed by atoms with Crippen LogP contribution < -0.4 is 0 Å². The van der Waals surface area contributed by atoms with Crippen molar-refractivity contribution in [1.29, 1.82) is 0 Å². The van der Waals surface area contributed by atoms with Gasteiger partial charge in [0.15, 0.2) is 9.84 Å². The molecule has 2 rings (SSSR count). The molecule has 0 amide bonds.